The summed E-state index contributed by atoms with van der Waals surface area (Å²) in [4.78, 5) is 14.6. The zero-order chi connectivity index (χ0) is 22.2. The maximum atomic E-state index is 12.2. The van der Waals surface area contributed by atoms with E-state index in [1.165, 1.54) is 11.8 Å². The summed E-state index contributed by atoms with van der Waals surface area (Å²) in [6.45, 7) is 4.08. The molecular formula is C26H28N4O2. The van der Waals surface area contributed by atoms with Crippen molar-refractivity contribution >= 4 is 34.7 Å². The molecule has 1 heterocycles. The van der Waals surface area contributed by atoms with Crippen LogP contribution in [0.25, 0.3) is 6.08 Å². The third kappa shape index (κ3) is 5.89. The van der Waals surface area contributed by atoms with Crippen LogP contribution < -0.4 is 21.3 Å². The van der Waals surface area contributed by atoms with Crippen LogP contribution in [0.15, 0.2) is 78.9 Å². The lowest BCUT2D eigenvalue weighted by Gasteiger charge is -2.29. The Morgan fingerprint density at radius 3 is 2.66 bits per heavy atom. The van der Waals surface area contributed by atoms with Gasteiger partial charge in [-0.3, -0.25) is 4.79 Å². The molecular weight excluding hydrogens is 400 g/mol. The fourth-order valence-electron chi connectivity index (χ4n) is 3.60. The van der Waals surface area contributed by atoms with E-state index in [9.17, 15) is 4.79 Å². The van der Waals surface area contributed by atoms with E-state index in [1.807, 2.05) is 24.3 Å². The van der Waals surface area contributed by atoms with Gasteiger partial charge in [0.1, 0.15) is 0 Å². The molecule has 4 rings (SSSR count). The highest BCUT2D eigenvalue weighted by Gasteiger charge is 2.11. The zero-order valence-corrected chi connectivity index (χ0v) is 18.0. The quantitative estimate of drug-likeness (QED) is 0.385. The maximum Gasteiger partial charge on any atom is 0.248 e. The Labute approximate surface area is 188 Å². The number of benzene rings is 3. The fraction of sp³-hybridized carbons (Fsp3) is 0.192. The van der Waals surface area contributed by atoms with E-state index in [0.717, 1.165) is 43.1 Å². The number of nitrogens with zero attached hydrogens (tertiary/aromatic N) is 1. The van der Waals surface area contributed by atoms with Gasteiger partial charge in [-0.25, -0.2) is 0 Å². The second kappa shape index (κ2) is 10.5. The number of hydrogen-bond donors (Lipinski definition) is 3. The lowest BCUT2D eigenvalue weighted by atomic mass is 10.1. The third-order valence-corrected chi connectivity index (χ3v) is 5.32. The van der Waals surface area contributed by atoms with Gasteiger partial charge in [0.15, 0.2) is 0 Å². The van der Waals surface area contributed by atoms with E-state index in [1.54, 1.807) is 18.2 Å². The van der Waals surface area contributed by atoms with Crippen LogP contribution >= 0.6 is 0 Å². The van der Waals surface area contributed by atoms with Crippen LogP contribution in [0.3, 0.4) is 0 Å². The van der Waals surface area contributed by atoms with Crippen LogP contribution in [0.5, 0.6) is 0 Å². The maximum absolute atomic E-state index is 12.2. The molecule has 0 unspecified atom stereocenters. The van der Waals surface area contributed by atoms with Gasteiger partial charge < -0.3 is 26.0 Å². The highest BCUT2D eigenvalue weighted by molar-refractivity contribution is 6.03. The third-order valence-electron chi connectivity index (χ3n) is 5.32. The molecule has 0 radical (unpaired) electrons. The molecule has 3 aromatic rings. The van der Waals surface area contributed by atoms with Crippen LogP contribution in [0.2, 0.25) is 0 Å². The van der Waals surface area contributed by atoms with Crippen LogP contribution in [0, 0.1) is 0 Å². The lowest BCUT2D eigenvalue weighted by Crippen LogP contribution is -2.36. The van der Waals surface area contributed by atoms with Gasteiger partial charge in [-0.2, -0.15) is 0 Å². The minimum Gasteiger partial charge on any atom is -0.397 e. The van der Waals surface area contributed by atoms with Gasteiger partial charge in [-0.15, -0.1) is 0 Å². The first-order valence-electron chi connectivity index (χ1n) is 10.8. The zero-order valence-electron chi connectivity index (χ0n) is 18.0. The summed E-state index contributed by atoms with van der Waals surface area (Å²) in [6, 6.07) is 23.8. The van der Waals surface area contributed by atoms with Gasteiger partial charge in [-0.1, -0.05) is 36.4 Å². The Hall–Kier alpha value is -3.77. The van der Waals surface area contributed by atoms with Crippen molar-refractivity contribution in [3.8, 4) is 0 Å². The Morgan fingerprint density at radius 1 is 1.00 bits per heavy atom. The van der Waals surface area contributed by atoms with Crippen LogP contribution in [0.4, 0.5) is 22.7 Å². The molecule has 164 valence electrons. The van der Waals surface area contributed by atoms with Crippen molar-refractivity contribution < 1.29 is 9.53 Å². The first-order chi connectivity index (χ1) is 15.7. The van der Waals surface area contributed by atoms with Crippen molar-refractivity contribution in [3.05, 3.63) is 90.0 Å². The molecule has 0 spiro atoms. The minimum atomic E-state index is -0.216. The minimum absolute atomic E-state index is 0.216. The number of nitrogens with two attached hydrogens (primary N) is 1. The van der Waals surface area contributed by atoms with Crippen LogP contribution in [0.1, 0.15) is 11.1 Å². The van der Waals surface area contributed by atoms with Crippen molar-refractivity contribution in [2.24, 2.45) is 0 Å². The summed E-state index contributed by atoms with van der Waals surface area (Å²) in [5, 5.41) is 6.30. The number of para-hydroxylation sites is 2. The first kappa shape index (κ1) is 21.5. The Bertz CT molecular complexity index is 1090. The number of anilines is 4. The molecule has 1 amide bonds. The number of carbonyl (C=O) groups is 1. The molecule has 1 aliphatic rings. The molecule has 0 saturated carbocycles. The molecule has 1 fully saturated rings. The number of carbonyl (C=O) groups excluding carboxylic acids is 1. The largest absolute Gasteiger partial charge is 0.397 e. The standard InChI is InChI=1S/C26H28N4O2/c27-24-9-1-2-10-25(24)29-26(31)12-11-20-5-3-6-21(17-20)19-28-22-7-4-8-23(18-22)30-13-15-32-16-14-30/h1-12,17-18,28H,13-16,19,27H2,(H,29,31)/b12-11+. The lowest BCUT2D eigenvalue weighted by molar-refractivity contribution is -0.111. The number of nitrogens with one attached hydrogen (secondary N) is 2. The van der Waals surface area contributed by atoms with Crippen LogP contribution in [-0.2, 0) is 16.1 Å². The van der Waals surface area contributed by atoms with E-state index in [-0.39, 0.29) is 5.91 Å². The topological polar surface area (TPSA) is 79.6 Å². The fourth-order valence-corrected chi connectivity index (χ4v) is 3.60. The first-order valence-corrected chi connectivity index (χ1v) is 10.8. The molecule has 3 aromatic carbocycles. The summed E-state index contributed by atoms with van der Waals surface area (Å²) >= 11 is 0. The Balaban J connectivity index is 1.34. The van der Waals surface area contributed by atoms with Crippen molar-refractivity contribution in [1.82, 2.24) is 0 Å². The number of nitrogen functional groups attached to an aromatic ring is 1. The molecule has 0 aliphatic carbocycles. The smallest absolute Gasteiger partial charge is 0.248 e. The molecule has 0 bridgehead atoms. The van der Waals surface area contributed by atoms with Gasteiger partial charge in [0.25, 0.3) is 0 Å². The predicted molar refractivity (Wildman–Crippen MR) is 132 cm³/mol. The van der Waals surface area contributed by atoms with Gasteiger partial charge in [0, 0.05) is 37.1 Å². The summed E-state index contributed by atoms with van der Waals surface area (Å²) in [5.41, 5.74) is 11.4. The van der Waals surface area contributed by atoms with Crippen molar-refractivity contribution in [1.29, 1.82) is 0 Å². The average molecular weight is 429 g/mol. The summed E-state index contributed by atoms with van der Waals surface area (Å²) in [7, 11) is 0. The van der Waals surface area contributed by atoms with E-state index < -0.39 is 0 Å². The van der Waals surface area contributed by atoms with Gasteiger partial charge in [0.2, 0.25) is 5.91 Å². The Morgan fingerprint density at radius 2 is 1.81 bits per heavy atom. The van der Waals surface area contributed by atoms with E-state index >= 15 is 0 Å². The monoisotopic (exact) mass is 428 g/mol. The second-order valence-corrected chi connectivity index (χ2v) is 7.66. The average Bonchev–Trinajstić information content (AvgIpc) is 2.84. The molecule has 1 aliphatic heterocycles. The second-order valence-electron chi connectivity index (χ2n) is 7.66. The molecule has 32 heavy (non-hydrogen) atoms. The van der Waals surface area contributed by atoms with E-state index in [2.05, 4.69) is 51.9 Å². The number of amides is 1. The van der Waals surface area contributed by atoms with Crippen molar-refractivity contribution in [2.75, 3.05) is 47.6 Å². The van der Waals surface area contributed by atoms with Crippen LogP contribution in [-0.4, -0.2) is 32.2 Å². The van der Waals surface area contributed by atoms with Crippen molar-refractivity contribution in [2.45, 2.75) is 6.54 Å². The number of morpholine rings is 1. The summed E-state index contributed by atoms with van der Waals surface area (Å²) in [6.07, 6.45) is 3.32. The summed E-state index contributed by atoms with van der Waals surface area (Å²) in [5.74, 6) is -0.216. The van der Waals surface area contributed by atoms with Gasteiger partial charge in [-0.05, 0) is 53.6 Å². The molecule has 0 atom stereocenters. The molecule has 6 nitrogen and oxygen atoms in total. The summed E-state index contributed by atoms with van der Waals surface area (Å²) < 4.78 is 5.44. The molecule has 4 N–H and O–H groups in total. The van der Waals surface area contributed by atoms with Gasteiger partial charge in [0.05, 0.1) is 24.6 Å². The van der Waals surface area contributed by atoms with E-state index in [4.69, 9.17) is 10.5 Å². The number of hydrogen-bond acceptors (Lipinski definition) is 5. The Kier molecular flexibility index (Phi) is 7.05. The molecule has 1 saturated heterocycles. The highest BCUT2D eigenvalue weighted by atomic mass is 16.5. The predicted octanol–water partition coefficient (Wildman–Crippen LogP) is 4.37. The van der Waals surface area contributed by atoms with Crippen molar-refractivity contribution in [3.63, 3.8) is 0 Å². The van der Waals surface area contributed by atoms with Gasteiger partial charge >= 0.3 is 0 Å². The highest BCUT2D eigenvalue weighted by Crippen LogP contribution is 2.21. The van der Waals surface area contributed by atoms with E-state index in [0.29, 0.717) is 17.9 Å². The number of rotatable bonds is 7. The normalized spacial score (nSPS) is 13.8. The number of ether oxygens (including phenoxy) is 1. The SMILES string of the molecule is Nc1ccccc1NC(=O)/C=C/c1cccc(CNc2cccc(N3CCOCC3)c2)c1. The molecule has 6 heteroatoms. The molecule has 0 aromatic heterocycles.